The lowest BCUT2D eigenvalue weighted by atomic mass is 10.1. The minimum absolute atomic E-state index is 0.0693. The first kappa shape index (κ1) is 19.0. The van der Waals surface area contributed by atoms with Gasteiger partial charge in [-0.25, -0.2) is 0 Å². The Morgan fingerprint density at radius 1 is 1.19 bits per heavy atom. The molecule has 0 aliphatic heterocycles. The fraction of sp³-hybridized carbons (Fsp3) is 0.222. The molecule has 0 saturated carbocycles. The molecule has 0 aliphatic carbocycles. The van der Waals surface area contributed by atoms with E-state index in [1.807, 2.05) is 32.0 Å². The minimum atomic E-state index is -1.03. The van der Waals surface area contributed by atoms with Crippen LogP contribution >= 0.6 is 0 Å². The monoisotopic (exact) mass is 359 g/mol. The Hall–Kier alpha value is -3.29. The Kier molecular flexibility index (Phi) is 5.66. The number of carbonyl (C=O) groups is 2. The molecular formula is C18H18FN3O4. The third-order valence-electron chi connectivity index (χ3n) is 3.78. The van der Waals surface area contributed by atoms with Gasteiger partial charge in [-0.15, -0.1) is 0 Å². The molecule has 0 unspecified atom stereocenters. The molecule has 8 heteroatoms. The number of carbonyl (C=O) groups excluding carboxylic acids is 2. The zero-order valence-corrected chi connectivity index (χ0v) is 14.6. The Labute approximate surface area is 149 Å². The Morgan fingerprint density at radius 2 is 1.88 bits per heavy atom. The highest BCUT2D eigenvalue weighted by Crippen LogP contribution is 2.20. The maximum absolute atomic E-state index is 13.4. The summed E-state index contributed by atoms with van der Waals surface area (Å²) in [4.78, 5) is 35.5. The number of nitro benzene ring substituents is 1. The average molecular weight is 359 g/mol. The zero-order valence-electron chi connectivity index (χ0n) is 14.6. The molecule has 0 heterocycles. The minimum Gasteiger partial charge on any atom is -0.332 e. The number of benzene rings is 2. The number of hydrogen-bond acceptors (Lipinski definition) is 4. The predicted molar refractivity (Wildman–Crippen MR) is 94.6 cm³/mol. The molecule has 2 aromatic carbocycles. The van der Waals surface area contributed by atoms with Gasteiger partial charge in [-0.2, -0.15) is 4.39 Å². The number of nitrogens with one attached hydrogen (secondary N) is 1. The van der Waals surface area contributed by atoms with Gasteiger partial charge in [-0.05, 0) is 43.2 Å². The van der Waals surface area contributed by atoms with Crippen LogP contribution in [-0.2, 0) is 4.79 Å². The summed E-state index contributed by atoms with van der Waals surface area (Å²) in [5, 5.41) is 13.5. The van der Waals surface area contributed by atoms with Crippen molar-refractivity contribution < 1.29 is 18.9 Å². The lowest BCUT2D eigenvalue weighted by Crippen LogP contribution is -2.35. The van der Waals surface area contributed by atoms with Crippen LogP contribution in [0.3, 0.4) is 0 Å². The number of likely N-dealkylation sites (N-methyl/N-ethyl adjacent to an activating group) is 1. The van der Waals surface area contributed by atoms with Crippen LogP contribution in [0.25, 0.3) is 0 Å². The number of nitro groups is 1. The summed E-state index contributed by atoms with van der Waals surface area (Å²) in [5.41, 5.74) is 1.65. The van der Waals surface area contributed by atoms with E-state index in [2.05, 4.69) is 5.32 Å². The first-order chi connectivity index (χ1) is 12.2. The van der Waals surface area contributed by atoms with Crippen LogP contribution in [0, 0.1) is 29.8 Å². The van der Waals surface area contributed by atoms with Crippen LogP contribution in [-0.4, -0.2) is 35.2 Å². The SMILES string of the molecule is Cc1ccc(C)c(NC(=O)CN(C)C(=O)c2ccc(F)c([N+](=O)[O-])c2)c1. The van der Waals surface area contributed by atoms with Crippen LogP contribution in [0.15, 0.2) is 36.4 Å². The van der Waals surface area contributed by atoms with Crippen molar-refractivity contribution in [2.24, 2.45) is 0 Å². The maximum Gasteiger partial charge on any atom is 0.305 e. The van der Waals surface area contributed by atoms with E-state index in [9.17, 15) is 24.1 Å². The molecule has 0 saturated heterocycles. The Morgan fingerprint density at radius 3 is 2.54 bits per heavy atom. The largest absolute Gasteiger partial charge is 0.332 e. The lowest BCUT2D eigenvalue weighted by Gasteiger charge is -2.17. The third kappa shape index (κ3) is 4.41. The molecule has 0 spiro atoms. The topological polar surface area (TPSA) is 92.6 Å². The van der Waals surface area contributed by atoms with Gasteiger partial charge in [0.2, 0.25) is 11.7 Å². The van der Waals surface area contributed by atoms with Gasteiger partial charge in [0.1, 0.15) is 0 Å². The molecule has 26 heavy (non-hydrogen) atoms. The average Bonchev–Trinajstić information content (AvgIpc) is 2.57. The van der Waals surface area contributed by atoms with Crippen molar-refractivity contribution in [2.45, 2.75) is 13.8 Å². The number of halogens is 1. The van der Waals surface area contributed by atoms with E-state index in [0.717, 1.165) is 34.2 Å². The van der Waals surface area contributed by atoms with Crippen LogP contribution in [0.4, 0.5) is 15.8 Å². The number of anilines is 1. The number of rotatable bonds is 5. The molecule has 0 aromatic heterocycles. The third-order valence-corrected chi connectivity index (χ3v) is 3.78. The summed E-state index contributed by atoms with van der Waals surface area (Å²) in [6.07, 6.45) is 0. The molecule has 0 atom stereocenters. The van der Waals surface area contributed by atoms with Crippen molar-refractivity contribution in [3.8, 4) is 0 Å². The van der Waals surface area contributed by atoms with Crippen molar-refractivity contribution in [3.63, 3.8) is 0 Å². The van der Waals surface area contributed by atoms with E-state index in [0.29, 0.717) is 5.69 Å². The zero-order chi connectivity index (χ0) is 19.4. The van der Waals surface area contributed by atoms with Crippen molar-refractivity contribution >= 4 is 23.2 Å². The fourth-order valence-electron chi connectivity index (χ4n) is 2.35. The molecule has 2 amide bonds. The van der Waals surface area contributed by atoms with Gasteiger partial charge in [-0.3, -0.25) is 19.7 Å². The van der Waals surface area contributed by atoms with Crippen LogP contribution in [0.1, 0.15) is 21.5 Å². The highest BCUT2D eigenvalue weighted by molar-refractivity contribution is 5.99. The lowest BCUT2D eigenvalue weighted by molar-refractivity contribution is -0.387. The van der Waals surface area contributed by atoms with E-state index in [4.69, 9.17) is 0 Å². The van der Waals surface area contributed by atoms with Gasteiger partial charge in [0, 0.05) is 24.4 Å². The summed E-state index contributed by atoms with van der Waals surface area (Å²) in [5.74, 6) is -2.06. The molecule has 2 aromatic rings. The number of nitrogens with zero attached hydrogens (tertiary/aromatic N) is 2. The van der Waals surface area contributed by atoms with Crippen LogP contribution in [0.5, 0.6) is 0 Å². The van der Waals surface area contributed by atoms with Crippen molar-refractivity contribution in [1.82, 2.24) is 4.90 Å². The number of hydrogen-bond donors (Lipinski definition) is 1. The molecule has 0 aliphatic rings. The summed E-state index contributed by atoms with van der Waals surface area (Å²) in [6, 6.07) is 8.47. The van der Waals surface area contributed by atoms with E-state index in [1.54, 1.807) is 0 Å². The number of amides is 2. The first-order valence-corrected chi connectivity index (χ1v) is 7.75. The van der Waals surface area contributed by atoms with Crippen molar-refractivity contribution in [3.05, 3.63) is 69.0 Å². The molecule has 0 fully saturated rings. The molecule has 1 N–H and O–H groups in total. The quantitative estimate of drug-likeness (QED) is 0.656. The number of aryl methyl sites for hydroxylation is 2. The maximum atomic E-state index is 13.4. The smallest absolute Gasteiger partial charge is 0.305 e. The summed E-state index contributed by atoms with van der Waals surface area (Å²) >= 11 is 0. The molecule has 0 radical (unpaired) electrons. The second-order valence-electron chi connectivity index (χ2n) is 5.95. The van der Waals surface area contributed by atoms with Gasteiger partial charge in [0.15, 0.2) is 0 Å². The van der Waals surface area contributed by atoms with Gasteiger partial charge >= 0.3 is 5.69 Å². The van der Waals surface area contributed by atoms with Gasteiger partial charge in [-0.1, -0.05) is 12.1 Å². The normalized spacial score (nSPS) is 10.3. The van der Waals surface area contributed by atoms with Crippen LogP contribution in [0.2, 0.25) is 0 Å². The molecular weight excluding hydrogens is 341 g/mol. The highest BCUT2D eigenvalue weighted by Gasteiger charge is 2.21. The highest BCUT2D eigenvalue weighted by atomic mass is 19.1. The van der Waals surface area contributed by atoms with Crippen LogP contribution < -0.4 is 5.32 Å². The molecule has 0 bridgehead atoms. The Bertz CT molecular complexity index is 883. The summed E-state index contributed by atoms with van der Waals surface area (Å²) < 4.78 is 13.4. The summed E-state index contributed by atoms with van der Waals surface area (Å²) in [6.45, 7) is 3.49. The van der Waals surface area contributed by atoms with Crippen molar-refractivity contribution in [1.29, 1.82) is 0 Å². The first-order valence-electron chi connectivity index (χ1n) is 7.75. The summed E-state index contributed by atoms with van der Waals surface area (Å²) in [7, 11) is 1.39. The standard InChI is InChI=1S/C18H18FN3O4/c1-11-4-5-12(2)15(8-11)20-17(23)10-21(3)18(24)13-6-7-14(19)16(9-13)22(25)26/h4-9H,10H2,1-3H3,(H,20,23). The van der Waals surface area contributed by atoms with E-state index in [-0.39, 0.29) is 12.1 Å². The van der Waals surface area contributed by atoms with Gasteiger partial charge in [0.05, 0.1) is 11.5 Å². The molecule has 136 valence electrons. The predicted octanol–water partition coefficient (Wildman–Crippen LogP) is 3.06. The molecule has 7 nitrogen and oxygen atoms in total. The van der Waals surface area contributed by atoms with Gasteiger partial charge in [0.25, 0.3) is 5.91 Å². The second-order valence-corrected chi connectivity index (χ2v) is 5.95. The Balaban J connectivity index is 2.09. The van der Waals surface area contributed by atoms with E-state index in [1.165, 1.54) is 7.05 Å². The van der Waals surface area contributed by atoms with E-state index < -0.39 is 28.2 Å². The fourth-order valence-corrected chi connectivity index (χ4v) is 2.35. The van der Waals surface area contributed by atoms with Gasteiger partial charge < -0.3 is 10.2 Å². The molecule has 2 rings (SSSR count). The second kappa shape index (κ2) is 7.73. The van der Waals surface area contributed by atoms with Crippen molar-refractivity contribution in [2.75, 3.05) is 18.9 Å². The van der Waals surface area contributed by atoms with E-state index >= 15 is 0 Å².